The van der Waals surface area contributed by atoms with Crippen LogP contribution in [-0.2, 0) is 9.53 Å². The van der Waals surface area contributed by atoms with Crippen molar-refractivity contribution >= 4 is 35.1 Å². The molecule has 8 nitrogen and oxygen atoms in total. The molecule has 1 saturated heterocycles. The zero-order chi connectivity index (χ0) is 23.6. The maximum Gasteiger partial charge on any atom is 0.408 e. The van der Waals surface area contributed by atoms with Gasteiger partial charge >= 0.3 is 6.09 Å². The number of hydrogen-bond donors (Lipinski definition) is 1. The van der Waals surface area contributed by atoms with Gasteiger partial charge in [0.2, 0.25) is 5.88 Å². The number of aromatic nitrogens is 1. The first-order chi connectivity index (χ1) is 15.2. The first-order valence-electron chi connectivity index (χ1n) is 10.8. The van der Waals surface area contributed by atoms with Crippen LogP contribution >= 0.6 is 11.9 Å². The number of nitrogens with one attached hydrogen (secondary N) is 1. The highest BCUT2D eigenvalue weighted by molar-refractivity contribution is 7.97. The summed E-state index contributed by atoms with van der Waals surface area (Å²) in [6, 6.07) is 8.43. The van der Waals surface area contributed by atoms with Crippen LogP contribution in [0.1, 0.15) is 27.7 Å². The van der Waals surface area contributed by atoms with Gasteiger partial charge in [0.25, 0.3) is 0 Å². The van der Waals surface area contributed by atoms with Crippen LogP contribution in [0.25, 0.3) is 10.8 Å². The van der Waals surface area contributed by atoms with Crippen LogP contribution in [0.5, 0.6) is 5.88 Å². The number of benzene rings is 1. The Labute approximate surface area is 194 Å². The van der Waals surface area contributed by atoms with Crippen LogP contribution in [0.15, 0.2) is 35.4 Å². The lowest BCUT2D eigenvalue weighted by molar-refractivity contribution is -0.107. The molecule has 9 heteroatoms. The molecule has 2 aromatic rings. The van der Waals surface area contributed by atoms with E-state index < -0.39 is 11.7 Å². The maximum atomic E-state index is 10.7. The third-order valence-corrected chi connectivity index (χ3v) is 5.60. The molecule has 32 heavy (non-hydrogen) atoms. The summed E-state index contributed by atoms with van der Waals surface area (Å²) >= 11 is 1.85. The van der Waals surface area contributed by atoms with Gasteiger partial charge in [-0.3, -0.25) is 0 Å². The van der Waals surface area contributed by atoms with Crippen molar-refractivity contribution in [3.63, 3.8) is 0 Å². The highest BCUT2D eigenvalue weighted by Gasteiger charge is 2.17. The average Bonchev–Trinajstić information content (AvgIpc) is 2.74. The number of ether oxygens (including phenoxy) is 2. The van der Waals surface area contributed by atoms with Crippen molar-refractivity contribution in [3.05, 3.63) is 30.5 Å². The van der Waals surface area contributed by atoms with E-state index in [4.69, 9.17) is 9.47 Å². The number of nitrogens with zero attached hydrogens (tertiary/aromatic N) is 3. The van der Waals surface area contributed by atoms with Crippen LogP contribution in [0.3, 0.4) is 0 Å². The van der Waals surface area contributed by atoms with E-state index in [1.165, 1.54) is 10.3 Å². The Morgan fingerprint density at radius 1 is 1.19 bits per heavy atom. The lowest BCUT2D eigenvalue weighted by Gasteiger charge is -2.31. The number of fused-ring (bicyclic) bond motifs is 1. The quantitative estimate of drug-likeness (QED) is 0.515. The van der Waals surface area contributed by atoms with Gasteiger partial charge in [-0.2, -0.15) is 0 Å². The predicted molar refractivity (Wildman–Crippen MR) is 128 cm³/mol. The van der Waals surface area contributed by atoms with E-state index >= 15 is 0 Å². The molecule has 1 amide bonds. The predicted octanol–water partition coefficient (Wildman–Crippen LogP) is 3.60. The average molecular weight is 463 g/mol. The summed E-state index contributed by atoms with van der Waals surface area (Å²) < 4.78 is 12.9. The minimum atomic E-state index is -0.565. The number of hydrogen-bond acceptors (Lipinski definition) is 8. The first-order valence-corrected chi connectivity index (χ1v) is 11.5. The SMILES string of the molecule is CC(C)(C)OC(=O)NCC=O.CCOc1nccc2c(SN3CCN(C)CC3)cccc12. The van der Waals surface area contributed by atoms with Crippen LogP contribution < -0.4 is 10.1 Å². The number of alkyl carbamates (subject to hydrolysis) is 1. The van der Waals surface area contributed by atoms with Crippen molar-refractivity contribution in [1.82, 2.24) is 19.5 Å². The Morgan fingerprint density at radius 2 is 1.91 bits per heavy atom. The van der Waals surface area contributed by atoms with Crippen molar-refractivity contribution in [1.29, 1.82) is 0 Å². The van der Waals surface area contributed by atoms with E-state index in [0.29, 0.717) is 12.9 Å². The second-order valence-corrected chi connectivity index (χ2v) is 9.41. The Hall–Kier alpha value is -2.36. The molecule has 0 spiro atoms. The van der Waals surface area contributed by atoms with E-state index in [1.54, 1.807) is 20.8 Å². The molecule has 2 heterocycles. The van der Waals surface area contributed by atoms with Crippen molar-refractivity contribution < 1.29 is 19.1 Å². The molecule has 0 aliphatic carbocycles. The molecule has 0 bridgehead atoms. The number of amides is 1. The van der Waals surface area contributed by atoms with Gasteiger partial charge < -0.3 is 24.5 Å². The molecule has 3 rings (SSSR count). The number of carbonyl (C=O) groups is 2. The van der Waals surface area contributed by atoms with Crippen molar-refractivity contribution in [3.8, 4) is 5.88 Å². The summed E-state index contributed by atoms with van der Waals surface area (Å²) in [5.41, 5.74) is -0.507. The summed E-state index contributed by atoms with van der Waals surface area (Å²) in [5, 5.41) is 4.58. The van der Waals surface area contributed by atoms with E-state index in [1.807, 2.05) is 25.1 Å². The third kappa shape index (κ3) is 8.64. The normalized spacial score (nSPS) is 14.9. The van der Waals surface area contributed by atoms with E-state index in [9.17, 15) is 9.59 Å². The van der Waals surface area contributed by atoms with Crippen LogP contribution in [0, 0.1) is 0 Å². The number of carbonyl (C=O) groups excluding carboxylic acids is 2. The van der Waals surface area contributed by atoms with Crippen molar-refractivity contribution in [2.75, 3.05) is 46.4 Å². The highest BCUT2D eigenvalue weighted by atomic mass is 32.2. The number of rotatable bonds is 6. The standard InChI is InChI=1S/C16H21N3OS.C7H13NO3/c1-3-20-16-14-5-4-6-15(13(14)7-8-17-16)21-19-11-9-18(2)10-12-19;1-7(2,3)11-6(10)8-4-5-9/h4-8H,3,9-12H2,1-2H3;5H,4H2,1-3H3,(H,8,10). The lowest BCUT2D eigenvalue weighted by Crippen LogP contribution is -2.40. The summed E-state index contributed by atoms with van der Waals surface area (Å²) in [6.07, 6.45) is 1.87. The molecule has 176 valence electrons. The number of pyridine rings is 1. The largest absolute Gasteiger partial charge is 0.478 e. The molecule has 1 aliphatic rings. The van der Waals surface area contributed by atoms with Gasteiger partial charge in [-0.1, -0.05) is 6.07 Å². The number of piperazine rings is 1. The number of aldehydes is 1. The summed E-state index contributed by atoms with van der Waals surface area (Å²) in [7, 11) is 2.18. The molecular formula is C23H34N4O4S. The Morgan fingerprint density at radius 3 is 2.53 bits per heavy atom. The van der Waals surface area contributed by atoms with Crippen LogP contribution in [0.2, 0.25) is 0 Å². The fraction of sp³-hybridized carbons (Fsp3) is 0.522. The van der Waals surface area contributed by atoms with Gasteiger partial charge in [-0.15, -0.1) is 0 Å². The minimum Gasteiger partial charge on any atom is -0.478 e. The fourth-order valence-corrected chi connectivity index (χ4v) is 3.98. The molecule has 0 atom stereocenters. The molecule has 1 aliphatic heterocycles. The Bertz CT molecular complexity index is 880. The van der Waals surface area contributed by atoms with Gasteiger partial charge in [0.1, 0.15) is 11.9 Å². The first kappa shape index (κ1) is 25.9. The van der Waals surface area contributed by atoms with Gasteiger partial charge in [-0.05, 0) is 64.9 Å². The zero-order valence-electron chi connectivity index (χ0n) is 19.6. The molecule has 0 saturated carbocycles. The summed E-state index contributed by atoms with van der Waals surface area (Å²) in [6.45, 7) is 12.4. The number of likely N-dealkylation sites (N-methyl/N-ethyl adjacent to an activating group) is 1. The smallest absolute Gasteiger partial charge is 0.408 e. The fourth-order valence-electron chi connectivity index (χ4n) is 2.94. The Balaban J connectivity index is 0.000000282. The monoisotopic (exact) mass is 462 g/mol. The molecule has 1 aromatic heterocycles. The minimum absolute atomic E-state index is 0.00505. The van der Waals surface area contributed by atoms with E-state index in [2.05, 4.69) is 50.8 Å². The molecule has 0 radical (unpaired) electrons. The summed E-state index contributed by atoms with van der Waals surface area (Å²) in [5.74, 6) is 0.732. The molecule has 1 aromatic carbocycles. The highest BCUT2D eigenvalue weighted by Crippen LogP contribution is 2.33. The maximum absolute atomic E-state index is 10.7. The second-order valence-electron chi connectivity index (χ2n) is 8.27. The van der Waals surface area contributed by atoms with E-state index in [0.717, 1.165) is 37.4 Å². The van der Waals surface area contributed by atoms with Crippen molar-refractivity contribution in [2.45, 2.75) is 38.2 Å². The van der Waals surface area contributed by atoms with E-state index in [-0.39, 0.29) is 6.54 Å². The zero-order valence-corrected chi connectivity index (χ0v) is 20.4. The third-order valence-electron chi connectivity index (χ3n) is 4.43. The molecule has 0 unspecified atom stereocenters. The van der Waals surface area contributed by atoms with Gasteiger partial charge in [0.15, 0.2) is 0 Å². The molecular weight excluding hydrogens is 428 g/mol. The van der Waals surface area contributed by atoms with Crippen LogP contribution in [0.4, 0.5) is 4.79 Å². The topological polar surface area (TPSA) is 84.0 Å². The van der Waals surface area contributed by atoms with Gasteiger partial charge in [-0.25, -0.2) is 14.1 Å². The summed E-state index contributed by atoms with van der Waals surface area (Å²) in [4.78, 5) is 28.5. The van der Waals surface area contributed by atoms with Crippen LogP contribution in [-0.4, -0.2) is 78.5 Å². The van der Waals surface area contributed by atoms with Gasteiger partial charge in [0.05, 0.1) is 13.2 Å². The second kappa shape index (κ2) is 12.6. The Kier molecular flexibility index (Phi) is 10.2. The molecule has 1 fully saturated rings. The van der Waals surface area contributed by atoms with Gasteiger partial charge in [0, 0.05) is 48.0 Å². The molecule has 1 N–H and O–H groups in total. The van der Waals surface area contributed by atoms with Crippen molar-refractivity contribution in [2.24, 2.45) is 0 Å². The lowest BCUT2D eigenvalue weighted by atomic mass is 10.2.